The summed E-state index contributed by atoms with van der Waals surface area (Å²) in [5.74, 6) is -0.422. The highest BCUT2D eigenvalue weighted by Crippen LogP contribution is 2.39. The van der Waals surface area contributed by atoms with Crippen molar-refractivity contribution in [2.24, 2.45) is 5.10 Å². The zero-order valence-corrected chi connectivity index (χ0v) is 25.0. The Morgan fingerprint density at radius 2 is 1.73 bits per heavy atom. The molecule has 0 spiro atoms. The normalized spacial score (nSPS) is 11.1. The number of benzene rings is 4. The molecule has 1 aromatic heterocycles. The van der Waals surface area contributed by atoms with Crippen molar-refractivity contribution in [2.75, 3.05) is 7.11 Å². The van der Waals surface area contributed by atoms with Gasteiger partial charge in [0.05, 0.1) is 29.4 Å². The predicted molar refractivity (Wildman–Crippen MR) is 166 cm³/mol. The lowest BCUT2D eigenvalue weighted by atomic mass is 10.0. The van der Waals surface area contributed by atoms with Crippen LogP contribution < -0.4 is 14.9 Å². The van der Waals surface area contributed by atoms with Crippen molar-refractivity contribution >= 4 is 79.7 Å². The molecule has 41 heavy (non-hydrogen) atoms. The van der Waals surface area contributed by atoms with Gasteiger partial charge >= 0.3 is 5.97 Å². The molecule has 5 rings (SSSR count). The van der Waals surface area contributed by atoms with Gasteiger partial charge in [-0.3, -0.25) is 4.79 Å². The molecule has 0 aliphatic rings. The number of amides is 1. The molecule has 0 saturated carbocycles. The van der Waals surface area contributed by atoms with Gasteiger partial charge in [-0.1, -0.05) is 81.1 Å². The third kappa shape index (κ3) is 6.11. The molecule has 1 amide bonds. The molecule has 5 aromatic rings. The number of hydrazone groups is 1. The zero-order chi connectivity index (χ0) is 29.1. The summed E-state index contributed by atoms with van der Waals surface area (Å²) in [6, 6.07) is 22.2. The van der Waals surface area contributed by atoms with Gasteiger partial charge in [-0.25, -0.2) is 10.2 Å². The number of rotatable bonds is 7. The number of hydrogen-bond donors (Lipinski definition) is 2. The van der Waals surface area contributed by atoms with Crippen molar-refractivity contribution in [3.63, 3.8) is 0 Å². The molecule has 0 bridgehead atoms. The maximum atomic E-state index is 13.4. The zero-order valence-electron chi connectivity index (χ0n) is 21.2. The fourth-order valence-corrected chi connectivity index (χ4v) is 5.31. The van der Waals surface area contributed by atoms with E-state index in [9.17, 15) is 9.59 Å². The number of methoxy groups -OCH3 is 1. The van der Waals surface area contributed by atoms with Crippen molar-refractivity contribution in [1.29, 1.82) is 0 Å². The molecule has 2 N–H and O–H groups in total. The number of para-hydroxylation sites is 1. The Morgan fingerprint density at radius 1 is 0.927 bits per heavy atom. The molecule has 206 valence electrons. The van der Waals surface area contributed by atoms with Crippen LogP contribution in [-0.4, -0.2) is 30.2 Å². The third-order valence-corrected chi connectivity index (χ3v) is 7.45. The first-order valence-corrected chi connectivity index (χ1v) is 13.9. The van der Waals surface area contributed by atoms with Crippen LogP contribution in [0.15, 0.2) is 88.4 Å². The molecule has 0 radical (unpaired) electrons. The monoisotopic (exact) mass is 669 g/mol. The predicted octanol–water partition coefficient (Wildman–Crippen LogP) is 8.55. The van der Waals surface area contributed by atoms with E-state index in [1.165, 1.54) is 18.3 Å². The summed E-state index contributed by atoms with van der Waals surface area (Å²) >= 11 is 22.0. The largest absolute Gasteiger partial charge is 0.495 e. The number of aromatic nitrogens is 1. The van der Waals surface area contributed by atoms with Crippen molar-refractivity contribution < 1.29 is 19.1 Å². The highest BCUT2D eigenvalue weighted by Gasteiger charge is 2.22. The quantitative estimate of drug-likeness (QED) is 0.0785. The molecule has 0 fully saturated rings. The molecule has 0 aliphatic heterocycles. The van der Waals surface area contributed by atoms with Gasteiger partial charge in [0, 0.05) is 36.6 Å². The maximum Gasteiger partial charge on any atom is 0.345 e. The molecule has 4 aromatic carbocycles. The van der Waals surface area contributed by atoms with Crippen LogP contribution in [-0.2, 0) is 0 Å². The first-order valence-electron chi connectivity index (χ1n) is 12.0. The molecule has 0 aliphatic carbocycles. The Bertz CT molecular complexity index is 1840. The number of carbonyl (C=O) groups is 2. The number of nitrogens with one attached hydrogen (secondary N) is 2. The number of esters is 1. The van der Waals surface area contributed by atoms with Crippen LogP contribution in [0.2, 0.25) is 15.1 Å². The van der Waals surface area contributed by atoms with Crippen LogP contribution in [0.4, 0.5) is 0 Å². The van der Waals surface area contributed by atoms with Gasteiger partial charge < -0.3 is 14.5 Å². The van der Waals surface area contributed by atoms with Crippen LogP contribution in [0.25, 0.3) is 22.0 Å². The maximum absolute atomic E-state index is 13.4. The number of aromatic amines is 1. The lowest BCUT2D eigenvalue weighted by Crippen LogP contribution is -2.19. The van der Waals surface area contributed by atoms with Crippen LogP contribution >= 0.6 is 50.7 Å². The van der Waals surface area contributed by atoms with Crippen LogP contribution in [0.1, 0.15) is 26.4 Å². The number of nitrogens with zero attached hydrogens (tertiary/aromatic N) is 1. The van der Waals surface area contributed by atoms with Crippen molar-refractivity contribution in [3.8, 4) is 22.6 Å². The number of carbonyl (C=O) groups excluding carboxylic acids is 2. The van der Waals surface area contributed by atoms with Crippen molar-refractivity contribution in [2.45, 2.75) is 0 Å². The van der Waals surface area contributed by atoms with Crippen LogP contribution in [0, 0.1) is 0 Å². The summed E-state index contributed by atoms with van der Waals surface area (Å²) in [5, 5.41) is 5.93. The topological polar surface area (TPSA) is 92.8 Å². The first-order chi connectivity index (χ1) is 19.8. The summed E-state index contributed by atoms with van der Waals surface area (Å²) in [6.07, 6.45) is 1.37. The standard InChI is InChI=1S/C30H19BrCl3N3O4/c1-40-25-8-4-6-21-26(19-5-2-3-7-22(19)33)28(36-27(21)25)29(38)37-35-15-16-13-17(31)9-12-24(16)41-30(39)20-11-10-18(32)14-23(20)34/h2-15,36H,1H3,(H,37,38). The number of ether oxygens (including phenoxy) is 2. The lowest BCUT2D eigenvalue weighted by Gasteiger charge is -2.09. The first kappa shape index (κ1) is 28.7. The van der Waals surface area contributed by atoms with Crippen LogP contribution in [0.3, 0.4) is 0 Å². The molecular weight excluding hydrogens is 653 g/mol. The summed E-state index contributed by atoms with van der Waals surface area (Å²) < 4.78 is 11.8. The van der Waals surface area contributed by atoms with Gasteiger partial charge in [0.2, 0.25) is 0 Å². The molecule has 11 heteroatoms. The lowest BCUT2D eigenvalue weighted by molar-refractivity contribution is 0.0734. The summed E-state index contributed by atoms with van der Waals surface area (Å²) in [4.78, 5) is 29.4. The fourth-order valence-electron chi connectivity index (χ4n) is 4.21. The molecular formula is C30H19BrCl3N3O4. The van der Waals surface area contributed by atoms with E-state index in [-0.39, 0.29) is 22.0 Å². The van der Waals surface area contributed by atoms with E-state index >= 15 is 0 Å². The number of fused-ring (bicyclic) bond motifs is 1. The van der Waals surface area contributed by atoms with E-state index < -0.39 is 11.9 Å². The van der Waals surface area contributed by atoms with Gasteiger partial charge in [0.1, 0.15) is 17.2 Å². The highest BCUT2D eigenvalue weighted by molar-refractivity contribution is 9.10. The minimum absolute atomic E-state index is 0.150. The van der Waals surface area contributed by atoms with Gasteiger partial charge in [-0.05, 0) is 48.5 Å². The Labute approximate surface area is 258 Å². The number of halogens is 4. The number of hydrogen-bond acceptors (Lipinski definition) is 5. The Hall–Kier alpha value is -3.82. The molecule has 0 saturated heterocycles. The van der Waals surface area contributed by atoms with E-state index in [1.54, 1.807) is 43.5 Å². The van der Waals surface area contributed by atoms with E-state index in [0.29, 0.717) is 42.5 Å². The van der Waals surface area contributed by atoms with Crippen molar-refractivity contribution in [3.05, 3.63) is 115 Å². The van der Waals surface area contributed by atoms with Gasteiger partial charge in [-0.15, -0.1) is 0 Å². The van der Waals surface area contributed by atoms with Gasteiger partial charge in [0.25, 0.3) is 5.91 Å². The van der Waals surface area contributed by atoms with E-state index in [1.807, 2.05) is 30.3 Å². The molecule has 7 nitrogen and oxygen atoms in total. The Morgan fingerprint density at radius 3 is 2.49 bits per heavy atom. The molecule has 0 atom stereocenters. The molecule has 0 unspecified atom stereocenters. The second kappa shape index (κ2) is 12.4. The minimum atomic E-state index is -0.677. The highest BCUT2D eigenvalue weighted by atomic mass is 79.9. The molecule has 1 heterocycles. The second-order valence-corrected chi connectivity index (χ2v) is 10.8. The van der Waals surface area contributed by atoms with Crippen molar-refractivity contribution in [1.82, 2.24) is 10.4 Å². The SMILES string of the molecule is COc1cccc2c(-c3ccccc3Cl)c(C(=O)NN=Cc3cc(Br)ccc3OC(=O)c3ccc(Cl)cc3Cl)[nH]c12. The van der Waals surface area contributed by atoms with E-state index in [4.69, 9.17) is 44.3 Å². The smallest absolute Gasteiger partial charge is 0.345 e. The van der Waals surface area contributed by atoms with Gasteiger partial charge in [-0.2, -0.15) is 5.10 Å². The Kier molecular flexibility index (Phi) is 8.65. The third-order valence-electron chi connectivity index (χ3n) is 6.08. The Balaban J connectivity index is 1.45. The van der Waals surface area contributed by atoms with Crippen LogP contribution in [0.5, 0.6) is 11.5 Å². The summed E-state index contributed by atoms with van der Waals surface area (Å²) in [7, 11) is 1.55. The van der Waals surface area contributed by atoms with E-state index in [2.05, 4.69) is 31.4 Å². The number of H-pyrrole nitrogens is 1. The minimum Gasteiger partial charge on any atom is -0.495 e. The second-order valence-electron chi connectivity index (χ2n) is 8.63. The summed E-state index contributed by atoms with van der Waals surface area (Å²) in [6.45, 7) is 0. The summed E-state index contributed by atoms with van der Waals surface area (Å²) in [5.41, 5.74) is 5.28. The van der Waals surface area contributed by atoms with E-state index in [0.717, 1.165) is 5.39 Å². The average molecular weight is 672 g/mol. The average Bonchev–Trinajstić information content (AvgIpc) is 3.34. The van der Waals surface area contributed by atoms with Gasteiger partial charge in [0.15, 0.2) is 0 Å². The fraction of sp³-hybridized carbons (Fsp3) is 0.0333.